The van der Waals surface area contributed by atoms with Crippen LogP contribution in [0.25, 0.3) is 6.08 Å². The molecule has 2 N–H and O–H groups in total. The average molecular weight is 330 g/mol. The minimum atomic E-state index is -0.385. The Bertz CT molecular complexity index is 585. The van der Waals surface area contributed by atoms with Crippen LogP contribution in [0, 0.1) is 0 Å². The van der Waals surface area contributed by atoms with E-state index in [1.54, 1.807) is 0 Å². The van der Waals surface area contributed by atoms with Gasteiger partial charge < -0.3 is 10.2 Å². The van der Waals surface area contributed by atoms with Gasteiger partial charge in [-0.3, -0.25) is 14.5 Å². The van der Waals surface area contributed by atoms with Gasteiger partial charge in [0.25, 0.3) is 11.1 Å². The zero-order chi connectivity index (χ0) is 13.4. The van der Waals surface area contributed by atoms with Gasteiger partial charge in [0.05, 0.1) is 4.91 Å². The highest BCUT2D eigenvalue weighted by Gasteiger charge is 2.31. The maximum absolute atomic E-state index is 11.7. The Balaban J connectivity index is 2.43. The van der Waals surface area contributed by atoms with E-state index in [-0.39, 0.29) is 27.6 Å². The second-order valence-electron chi connectivity index (χ2n) is 3.60. The molecule has 1 aliphatic rings. The molecule has 0 spiro atoms. The van der Waals surface area contributed by atoms with Gasteiger partial charge in [-0.05, 0) is 35.5 Å². The van der Waals surface area contributed by atoms with Crippen molar-refractivity contribution in [3.63, 3.8) is 0 Å². The lowest BCUT2D eigenvalue weighted by Gasteiger charge is -2.04. The number of aromatic hydroxyl groups is 2. The molecule has 0 atom stereocenters. The topological polar surface area (TPSA) is 77.8 Å². The summed E-state index contributed by atoms with van der Waals surface area (Å²) in [5.41, 5.74) is 0.504. The smallest absolute Gasteiger partial charge is 0.293 e. The lowest BCUT2D eigenvalue weighted by molar-refractivity contribution is -0.121. The van der Waals surface area contributed by atoms with Crippen LogP contribution >= 0.6 is 27.7 Å². The zero-order valence-electron chi connectivity index (χ0n) is 9.18. The summed E-state index contributed by atoms with van der Waals surface area (Å²) in [6, 6.07) is 2.63. The zero-order valence-corrected chi connectivity index (χ0v) is 11.6. The van der Waals surface area contributed by atoms with Crippen LogP contribution in [0.2, 0.25) is 0 Å². The normalized spacial score (nSPS) is 17.9. The fraction of sp³-hybridized carbons (Fsp3) is 0.0909. The van der Waals surface area contributed by atoms with Crippen molar-refractivity contribution in [2.24, 2.45) is 0 Å². The highest BCUT2D eigenvalue weighted by atomic mass is 79.9. The van der Waals surface area contributed by atoms with E-state index >= 15 is 0 Å². The number of carbonyl (C=O) groups excluding carboxylic acids is 2. The molecule has 0 bridgehead atoms. The molecule has 5 nitrogen and oxygen atoms in total. The van der Waals surface area contributed by atoms with Crippen LogP contribution in [0.5, 0.6) is 11.5 Å². The molecule has 0 aliphatic carbocycles. The molecule has 1 aliphatic heterocycles. The molecule has 18 heavy (non-hydrogen) atoms. The first-order valence-electron chi connectivity index (χ1n) is 4.83. The second-order valence-corrected chi connectivity index (χ2v) is 5.45. The molecule has 1 saturated heterocycles. The maximum Gasteiger partial charge on any atom is 0.293 e. The van der Waals surface area contributed by atoms with Crippen LogP contribution in [0.4, 0.5) is 4.79 Å². The van der Waals surface area contributed by atoms with Crippen molar-refractivity contribution in [2.45, 2.75) is 0 Å². The summed E-state index contributed by atoms with van der Waals surface area (Å²) in [5.74, 6) is -0.938. The molecule has 0 unspecified atom stereocenters. The highest BCUT2D eigenvalue weighted by Crippen LogP contribution is 2.36. The van der Waals surface area contributed by atoms with E-state index in [4.69, 9.17) is 0 Å². The molecule has 2 rings (SSSR count). The molecule has 2 amide bonds. The van der Waals surface area contributed by atoms with Gasteiger partial charge in [-0.15, -0.1) is 0 Å². The Morgan fingerprint density at radius 3 is 2.44 bits per heavy atom. The van der Waals surface area contributed by atoms with Gasteiger partial charge in [0.2, 0.25) is 0 Å². The van der Waals surface area contributed by atoms with E-state index in [1.165, 1.54) is 25.3 Å². The minimum Gasteiger partial charge on any atom is -0.504 e. The van der Waals surface area contributed by atoms with Gasteiger partial charge in [-0.2, -0.15) is 0 Å². The van der Waals surface area contributed by atoms with Crippen LogP contribution in [-0.4, -0.2) is 33.3 Å². The van der Waals surface area contributed by atoms with Gasteiger partial charge in [-0.1, -0.05) is 15.9 Å². The van der Waals surface area contributed by atoms with Crippen LogP contribution < -0.4 is 0 Å². The Kier molecular flexibility index (Phi) is 3.36. The number of halogens is 1. The number of phenolic OH excluding ortho intramolecular Hbond substituents is 2. The average Bonchev–Trinajstić information content (AvgIpc) is 2.54. The van der Waals surface area contributed by atoms with Gasteiger partial charge in [0.1, 0.15) is 0 Å². The number of nitrogens with zero attached hydrogens (tertiary/aromatic N) is 1. The van der Waals surface area contributed by atoms with E-state index < -0.39 is 0 Å². The predicted octanol–water partition coefficient (Wildman–Crippen LogP) is 2.53. The monoisotopic (exact) mass is 329 g/mol. The summed E-state index contributed by atoms with van der Waals surface area (Å²) in [5, 5.41) is 18.3. The fourth-order valence-corrected chi connectivity index (χ4v) is 2.63. The maximum atomic E-state index is 11.7. The summed E-state index contributed by atoms with van der Waals surface area (Å²) in [6.45, 7) is 0. The third-order valence-electron chi connectivity index (χ3n) is 2.37. The van der Waals surface area contributed by atoms with Crippen molar-refractivity contribution in [1.82, 2.24) is 4.90 Å². The van der Waals surface area contributed by atoms with Crippen LogP contribution in [0.15, 0.2) is 21.5 Å². The Morgan fingerprint density at radius 1 is 1.28 bits per heavy atom. The third-order valence-corrected chi connectivity index (χ3v) is 4.01. The van der Waals surface area contributed by atoms with E-state index in [0.717, 1.165) is 16.7 Å². The van der Waals surface area contributed by atoms with Crippen molar-refractivity contribution < 1.29 is 19.8 Å². The van der Waals surface area contributed by atoms with E-state index in [2.05, 4.69) is 15.9 Å². The van der Waals surface area contributed by atoms with Crippen LogP contribution in [0.1, 0.15) is 5.56 Å². The predicted molar refractivity (Wildman–Crippen MR) is 71.2 cm³/mol. The Hall–Kier alpha value is -1.47. The van der Waals surface area contributed by atoms with Crippen LogP contribution in [0.3, 0.4) is 0 Å². The van der Waals surface area contributed by atoms with Crippen molar-refractivity contribution >= 4 is 44.9 Å². The first kappa shape index (κ1) is 13.0. The summed E-state index contributed by atoms with van der Waals surface area (Å²) >= 11 is 4.03. The van der Waals surface area contributed by atoms with Crippen molar-refractivity contribution in [2.75, 3.05) is 7.05 Å². The number of likely N-dealkylation sites (N-methyl/N-ethyl adjacent to an activating group) is 1. The fourth-order valence-electron chi connectivity index (χ4n) is 1.36. The molecular formula is C11H8BrNO4S. The molecule has 0 saturated carbocycles. The number of hydrogen-bond donors (Lipinski definition) is 2. The number of phenols is 2. The quantitative estimate of drug-likeness (QED) is 0.611. The molecule has 0 radical (unpaired) electrons. The lowest BCUT2D eigenvalue weighted by Crippen LogP contribution is -2.22. The molecule has 94 valence electrons. The van der Waals surface area contributed by atoms with Crippen molar-refractivity contribution in [1.29, 1.82) is 0 Å². The molecule has 0 aromatic heterocycles. The van der Waals surface area contributed by atoms with Gasteiger partial charge in [0, 0.05) is 11.5 Å². The van der Waals surface area contributed by atoms with Gasteiger partial charge in [0.15, 0.2) is 11.5 Å². The number of imide groups is 1. The lowest BCUT2D eigenvalue weighted by atomic mass is 10.2. The van der Waals surface area contributed by atoms with Gasteiger partial charge in [-0.25, -0.2) is 0 Å². The Morgan fingerprint density at radius 2 is 1.89 bits per heavy atom. The molecule has 7 heteroatoms. The molecule has 1 aromatic carbocycles. The first-order valence-corrected chi connectivity index (χ1v) is 6.44. The number of thioether (sulfide) groups is 1. The molecule has 1 aromatic rings. The molecular weight excluding hydrogens is 322 g/mol. The second kappa shape index (κ2) is 4.66. The van der Waals surface area contributed by atoms with E-state index in [1.807, 2.05) is 0 Å². The number of rotatable bonds is 1. The third kappa shape index (κ3) is 2.23. The first-order chi connectivity index (χ1) is 8.40. The van der Waals surface area contributed by atoms with E-state index in [0.29, 0.717) is 10.0 Å². The molecule has 1 fully saturated rings. The number of benzene rings is 1. The molecule has 1 heterocycles. The van der Waals surface area contributed by atoms with Crippen LogP contribution in [-0.2, 0) is 4.79 Å². The summed E-state index contributed by atoms with van der Waals surface area (Å²) in [4.78, 5) is 24.3. The Labute approximate surface area is 115 Å². The van der Waals surface area contributed by atoms with Crippen molar-refractivity contribution in [3.05, 3.63) is 27.1 Å². The summed E-state index contributed by atoms with van der Waals surface area (Å²) in [6.07, 6.45) is 1.48. The number of amides is 2. The minimum absolute atomic E-state index is 0.261. The largest absolute Gasteiger partial charge is 0.504 e. The van der Waals surface area contributed by atoms with Crippen molar-refractivity contribution in [3.8, 4) is 11.5 Å². The van der Waals surface area contributed by atoms with E-state index in [9.17, 15) is 19.8 Å². The highest BCUT2D eigenvalue weighted by molar-refractivity contribution is 9.10. The standard InChI is InChI=1S/C11H8BrNO4S/c1-13-10(16)9(18-11(13)17)3-5-2-7(14)8(15)4-6(5)12/h2-4,14-15H,1H3/b9-3-. The van der Waals surface area contributed by atoms with Gasteiger partial charge >= 0.3 is 0 Å². The number of hydrogen-bond acceptors (Lipinski definition) is 5. The SMILES string of the molecule is CN1C(=O)S/C(=C\c2cc(O)c(O)cc2Br)C1=O. The summed E-state index contributed by atoms with van der Waals surface area (Å²) in [7, 11) is 1.40. The summed E-state index contributed by atoms with van der Waals surface area (Å²) < 4.78 is 0.515. The number of carbonyl (C=O) groups is 2.